The molecule has 13 heteroatoms. The fourth-order valence-corrected chi connectivity index (χ4v) is 3.89. The topological polar surface area (TPSA) is 102 Å². The molecule has 2 aromatic heterocycles. The molecule has 8 nitrogen and oxygen atoms in total. The Bertz CT molecular complexity index is 1140. The minimum atomic E-state index is -4.19. The van der Waals surface area contributed by atoms with E-state index in [-0.39, 0.29) is 29.6 Å². The van der Waals surface area contributed by atoms with Gasteiger partial charge in [-0.3, -0.25) is 0 Å². The van der Waals surface area contributed by atoms with E-state index in [1.54, 1.807) is 4.90 Å². The molecule has 3 heterocycles. The number of benzene rings is 1. The van der Waals surface area contributed by atoms with Crippen molar-refractivity contribution >= 4 is 22.5 Å². The minimum Gasteiger partial charge on any atom is -0.504 e. The molecule has 0 spiro atoms. The summed E-state index contributed by atoms with van der Waals surface area (Å²) >= 11 is 0. The molecule has 0 bridgehead atoms. The van der Waals surface area contributed by atoms with Crippen LogP contribution >= 0.6 is 0 Å². The Hall–Kier alpha value is -2.96. The van der Waals surface area contributed by atoms with E-state index in [1.165, 1.54) is 16.6 Å². The van der Waals surface area contributed by atoms with Gasteiger partial charge >= 0.3 is 12.3 Å². The van der Waals surface area contributed by atoms with Gasteiger partial charge in [0.15, 0.2) is 23.0 Å². The first-order chi connectivity index (χ1) is 14.9. The smallest absolute Gasteiger partial charge is 0.395 e. The molecular weight excluding hydrogens is 439 g/mol. The van der Waals surface area contributed by atoms with Gasteiger partial charge < -0.3 is 20.5 Å². The molecule has 0 radical (unpaired) electrons. The van der Waals surface area contributed by atoms with Crippen molar-refractivity contribution in [3.63, 3.8) is 0 Å². The molecule has 174 valence electrons. The number of nitrogens with zero attached hydrogens (tertiary/aromatic N) is 5. The normalized spacial score (nSPS) is 18.1. The highest BCUT2D eigenvalue weighted by Crippen LogP contribution is 2.38. The van der Waals surface area contributed by atoms with Crippen LogP contribution in [0.25, 0.3) is 16.6 Å². The summed E-state index contributed by atoms with van der Waals surface area (Å²) in [7, 11) is 0. The summed E-state index contributed by atoms with van der Waals surface area (Å²) in [6, 6.07) is 2.63. The second-order valence-corrected chi connectivity index (χ2v) is 7.98. The van der Waals surface area contributed by atoms with Gasteiger partial charge in [-0.15, -0.1) is 5.10 Å². The number of phenols is 1. The molecule has 32 heavy (non-hydrogen) atoms. The summed E-state index contributed by atoms with van der Waals surface area (Å²) in [5, 5.41) is 14.6. The van der Waals surface area contributed by atoms with Crippen LogP contribution in [-0.4, -0.2) is 61.5 Å². The van der Waals surface area contributed by atoms with Crippen molar-refractivity contribution in [3.8, 4) is 11.5 Å². The molecule has 1 aliphatic heterocycles. The van der Waals surface area contributed by atoms with Gasteiger partial charge in [-0.25, -0.2) is 9.97 Å². The second-order valence-electron chi connectivity index (χ2n) is 7.98. The van der Waals surface area contributed by atoms with Crippen LogP contribution in [0.15, 0.2) is 12.1 Å². The zero-order valence-corrected chi connectivity index (χ0v) is 17.0. The van der Waals surface area contributed by atoms with Crippen LogP contribution in [0.5, 0.6) is 11.5 Å². The predicted molar refractivity (Wildman–Crippen MR) is 105 cm³/mol. The lowest BCUT2D eigenvalue weighted by molar-refractivity contribution is -0.159. The lowest BCUT2D eigenvalue weighted by Gasteiger charge is -2.16. The first kappa shape index (κ1) is 22.2. The number of halogens is 5. The highest BCUT2D eigenvalue weighted by atomic mass is 19.4. The van der Waals surface area contributed by atoms with Gasteiger partial charge in [0.2, 0.25) is 5.95 Å². The van der Waals surface area contributed by atoms with E-state index in [9.17, 15) is 27.1 Å². The van der Waals surface area contributed by atoms with Gasteiger partial charge in [-0.1, -0.05) is 0 Å². The molecule has 1 atom stereocenters. The molecule has 1 saturated heterocycles. The van der Waals surface area contributed by atoms with Gasteiger partial charge in [0.05, 0.1) is 6.42 Å². The number of likely N-dealkylation sites (tertiary alicyclic amines) is 1. The van der Waals surface area contributed by atoms with Crippen LogP contribution in [0.4, 0.5) is 27.9 Å². The van der Waals surface area contributed by atoms with Crippen LogP contribution in [0.1, 0.15) is 25.6 Å². The van der Waals surface area contributed by atoms with Crippen molar-refractivity contribution < 1.29 is 31.8 Å². The number of rotatable bonds is 6. The lowest BCUT2D eigenvalue weighted by Crippen LogP contribution is -2.26. The standard InChI is InChI=1S/C19H21F5N6O2/c1-18(20,21)32-15-12(31)3-2-11-14(15)27-17(25)30-16(11)26-13(28-30)8-10-4-6-29(9-10)7-5-19(22,23)24/h2-3,10,31H,4-9H2,1H3,(H2,25,27). The average Bonchev–Trinajstić information content (AvgIpc) is 3.29. The van der Waals surface area contributed by atoms with Crippen LogP contribution in [0.3, 0.4) is 0 Å². The third-order valence-electron chi connectivity index (χ3n) is 5.28. The largest absolute Gasteiger partial charge is 0.504 e. The Balaban J connectivity index is 1.60. The number of aromatic nitrogens is 4. The number of ether oxygens (including phenoxy) is 1. The Morgan fingerprint density at radius 3 is 2.66 bits per heavy atom. The van der Waals surface area contributed by atoms with Crippen molar-refractivity contribution in [2.24, 2.45) is 5.92 Å². The number of anilines is 1. The van der Waals surface area contributed by atoms with Crippen LogP contribution in [0.2, 0.25) is 0 Å². The Morgan fingerprint density at radius 2 is 1.97 bits per heavy atom. The number of aromatic hydroxyl groups is 1. The number of nitrogen functional groups attached to an aromatic ring is 1. The van der Waals surface area contributed by atoms with Gasteiger partial charge in [-0.05, 0) is 31.0 Å². The lowest BCUT2D eigenvalue weighted by atomic mass is 10.1. The highest BCUT2D eigenvalue weighted by molar-refractivity contribution is 5.97. The number of hydrogen-bond donors (Lipinski definition) is 2. The molecular formula is C19H21F5N6O2. The van der Waals surface area contributed by atoms with Gasteiger partial charge in [-0.2, -0.15) is 26.5 Å². The van der Waals surface area contributed by atoms with E-state index in [0.717, 1.165) is 0 Å². The monoisotopic (exact) mass is 460 g/mol. The summed E-state index contributed by atoms with van der Waals surface area (Å²) in [5.74, 6) is -0.711. The molecule has 0 saturated carbocycles. The molecule has 0 aliphatic carbocycles. The third kappa shape index (κ3) is 4.76. The van der Waals surface area contributed by atoms with E-state index in [4.69, 9.17) is 5.73 Å². The van der Waals surface area contributed by atoms with Gasteiger partial charge in [0, 0.05) is 31.8 Å². The van der Waals surface area contributed by atoms with Crippen molar-refractivity contribution in [1.82, 2.24) is 24.5 Å². The number of alkyl halides is 5. The number of phenolic OH excluding ortho intramolecular Hbond substituents is 1. The molecule has 4 rings (SSSR count). The molecule has 3 aromatic rings. The first-order valence-electron chi connectivity index (χ1n) is 9.92. The average molecular weight is 460 g/mol. The quantitative estimate of drug-likeness (QED) is 0.544. The van der Waals surface area contributed by atoms with Crippen LogP contribution in [-0.2, 0) is 6.42 Å². The molecule has 1 aromatic carbocycles. The summed E-state index contributed by atoms with van der Waals surface area (Å²) in [6.07, 6.45) is -7.48. The third-order valence-corrected chi connectivity index (χ3v) is 5.28. The summed E-state index contributed by atoms with van der Waals surface area (Å²) in [4.78, 5) is 10.3. The van der Waals surface area contributed by atoms with Crippen molar-refractivity contribution in [3.05, 3.63) is 18.0 Å². The molecule has 1 unspecified atom stereocenters. The van der Waals surface area contributed by atoms with Crippen molar-refractivity contribution in [2.75, 3.05) is 25.4 Å². The Kier molecular flexibility index (Phi) is 5.47. The minimum absolute atomic E-state index is 0.0472. The molecule has 3 N–H and O–H groups in total. The van der Waals surface area contributed by atoms with Gasteiger partial charge in [0.1, 0.15) is 5.52 Å². The maximum Gasteiger partial charge on any atom is 0.395 e. The molecule has 0 amide bonds. The number of nitrogens with two attached hydrogens (primary N) is 1. The maximum atomic E-state index is 13.4. The second kappa shape index (κ2) is 7.87. The summed E-state index contributed by atoms with van der Waals surface area (Å²) < 4.78 is 70.0. The first-order valence-corrected chi connectivity index (χ1v) is 9.92. The van der Waals surface area contributed by atoms with Crippen LogP contribution < -0.4 is 10.5 Å². The zero-order valence-electron chi connectivity index (χ0n) is 17.0. The van der Waals surface area contributed by atoms with E-state index in [1.807, 2.05) is 0 Å². The molecule has 1 aliphatic rings. The fraction of sp³-hybridized carbons (Fsp3) is 0.526. The van der Waals surface area contributed by atoms with Crippen molar-refractivity contribution in [1.29, 1.82) is 0 Å². The number of hydrogen-bond acceptors (Lipinski definition) is 7. The summed E-state index contributed by atoms with van der Waals surface area (Å²) in [6.45, 7) is 1.54. The zero-order chi connectivity index (χ0) is 23.3. The predicted octanol–water partition coefficient (Wildman–Crippen LogP) is 3.37. The van der Waals surface area contributed by atoms with E-state index < -0.39 is 30.2 Å². The Labute approximate surface area is 178 Å². The van der Waals surface area contributed by atoms with Crippen molar-refractivity contribution in [2.45, 2.75) is 38.5 Å². The van der Waals surface area contributed by atoms with Crippen LogP contribution in [0, 0.1) is 5.92 Å². The highest BCUT2D eigenvalue weighted by Gasteiger charge is 2.31. The SMILES string of the molecule is CC(F)(F)Oc1c(O)ccc2c1nc(N)n1nc(CC3CCN(CCC(F)(F)F)C3)nc21. The Morgan fingerprint density at radius 1 is 1.22 bits per heavy atom. The van der Waals surface area contributed by atoms with E-state index in [0.29, 0.717) is 44.1 Å². The van der Waals surface area contributed by atoms with E-state index >= 15 is 0 Å². The fourth-order valence-electron chi connectivity index (χ4n) is 3.89. The summed E-state index contributed by atoms with van der Waals surface area (Å²) in [5.41, 5.74) is 6.10. The molecule has 1 fully saturated rings. The van der Waals surface area contributed by atoms with Gasteiger partial charge in [0.25, 0.3) is 0 Å². The maximum absolute atomic E-state index is 13.4. The number of fused-ring (bicyclic) bond motifs is 3. The van der Waals surface area contributed by atoms with E-state index in [2.05, 4.69) is 19.8 Å².